The minimum atomic E-state index is 0.329. The maximum Gasteiger partial charge on any atom is 0.0548 e. The van der Waals surface area contributed by atoms with Crippen LogP contribution in [0.1, 0.15) is 36.6 Å². The molecule has 0 radical (unpaired) electrons. The van der Waals surface area contributed by atoms with Crippen LogP contribution in [0.2, 0.25) is 5.02 Å². The van der Waals surface area contributed by atoms with Crippen LogP contribution in [0.25, 0.3) is 0 Å². The maximum absolute atomic E-state index is 6.00. The summed E-state index contributed by atoms with van der Waals surface area (Å²) in [5.74, 6) is 0. The largest absolute Gasteiger partial charge is 0.306 e. The van der Waals surface area contributed by atoms with Crippen molar-refractivity contribution in [1.29, 1.82) is 0 Å². The summed E-state index contributed by atoms with van der Waals surface area (Å²) < 4.78 is 0.943. The van der Waals surface area contributed by atoms with Crippen LogP contribution in [-0.4, -0.2) is 0 Å². The molecule has 0 aliphatic heterocycles. The molecular weight excluding hydrogens is 334 g/mol. The molecule has 0 amide bonds. The summed E-state index contributed by atoms with van der Waals surface area (Å²) in [4.78, 5) is 0. The highest BCUT2D eigenvalue weighted by atomic mass is 79.9. The van der Waals surface area contributed by atoms with Gasteiger partial charge < -0.3 is 5.32 Å². The van der Waals surface area contributed by atoms with Gasteiger partial charge in [0.1, 0.15) is 0 Å². The van der Waals surface area contributed by atoms with Gasteiger partial charge in [0, 0.05) is 17.1 Å². The number of aryl methyl sites for hydroxylation is 1. The molecule has 0 bridgehead atoms. The molecule has 0 aliphatic carbocycles. The van der Waals surface area contributed by atoms with Crippen molar-refractivity contribution in [2.75, 3.05) is 0 Å². The van der Waals surface area contributed by atoms with E-state index in [1.807, 2.05) is 12.1 Å². The van der Waals surface area contributed by atoms with E-state index in [2.05, 4.69) is 65.4 Å². The number of hydrogen-bond donors (Lipinski definition) is 1. The fraction of sp³-hybridized carbons (Fsp3) is 0.294. The van der Waals surface area contributed by atoms with Crippen molar-refractivity contribution >= 4 is 27.5 Å². The summed E-state index contributed by atoms with van der Waals surface area (Å²) in [6.07, 6.45) is 1.08. The summed E-state index contributed by atoms with van der Waals surface area (Å²) in [6.45, 7) is 5.19. The molecule has 1 atom stereocenters. The molecule has 106 valence electrons. The average molecular weight is 353 g/mol. The fourth-order valence-electron chi connectivity index (χ4n) is 2.08. The lowest BCUT2D eigenvalue weighted by Gasteiger charge is -2.15. The second kappa shape index (κ2) is 7.26. The number of benzene rings is 2. The SMILES string of the molecule is CCc1ccc(C(C)NCc2ccc(Cl)c(Br)c2)cc1. The lowest BCUT2D eigenvalue weighted by atomic mass is 10.0. The van der Waals surface area contributed by atoms with Crippen molar-refractivity contribution in [1.82, 2.24) is 5.32 Å². The molecule has 3 heteroatoms. The Morgan fingerprint density at radius 3 is 2.35 bits per heavy atom. The van der Waals surface area contributed by atoms with Gasteiger partial charge in [0.15, 0.2) is 0 Å². The van der Waals surface area contributed by atoms with E-state index < -0.39 is 0 Å². The maximum atomic E-state index is 6.00. The quantitative estimate of drug-likeness (QED) is 0.747. The summed E-state index contributed by atoms with van der Waals surface area (Å²) >= 11 is 9.45. The van der Waals surface area contributed by atoms with Crippen molar-refractivity contribution < 1.29 is 0 Å². The molecule has 0 fully saturated rings. The third-order valence-corrected chi connectivity index (χ3v) is 4.70. The van der Waals surface area contributed by atoms with Gasteiger partial charge in [-0.15, -0.1) is 0 Å². The van der Waals surface area contributed by atoms with Crippen LogP contribution < -0.4 is 5.32 Å². The predicted octanol–water partition coefficient (Wildman–Crippen LogP) is 5.52. The van der Waals surface area contributed by atoms with Crippen LogP contribution in [0.5, 0.6) is 0 Å². The Bertz CT molecular complexity index is 566. The minimum absolute atomic E-state index is 0.329. The number of hydrogen-bond acceptors (Lipinski definition) is 1. The standard InChI is InChI=1S/C17H19BrClN/c1-3-13-4-7-15(8-5-13)12(2)20-11-14-6-9-17(19)16(18)10-14/h4-10,12,20H,3,11H2,1-2H3. The summed E-state index contributed by atoms with van der Waals surface area (Å²) in [5, 5.41) is 4.28. The van der Waals surface area contributed by atoms with E-state index in [9.17, 15) is 0 Å². The summed E-state index contributed by atoms with van der Waals surface area (Å²) in [6, 6.07) is 15.2. The molecule has 1 N–H and O–H groups in total. The van der Waals surface area contributed by atoms with Gasteiger partial charge >= 0.3 is 0 Å². The van der Waals surface area contributed by atoms with Gasteiger partial charge in [-0.2, -0.15) is 0 Å². The first-order valence-corrected chi connectivity index (χ1v) is 8.03. The highest BCUT2D eigenvalue weighted by Crippen LogP contribution is 2.23. The van der Waals surface area contributed by atoms with E-state index in [4.69, 9.17) is 11.6 Å². The molecule has 0 aliphatic rings. The Balaban J connectivity index is 1.96. The van der Waals surface area contributed by atoms with Gasteiger partial charge in [0.25, 0.3) is 0 Å². The van der Waals surface area contributed by atoms with Gasteiger partial charge in [-0.1, -0.05) is 48.9 Å². The van der Waals surface area contributed by atoms with Crippen LogP contribution in [0, 0.1) is 0 Å². The fourth-order valence-corrected chi connectivity index (χ4v) is 2.62. The summed E-state index contributed by atoms with van der Waals surface area (Å²) in [5.41, 5.74) is 3.91. The molecule has 0 saturated carbocycles. The zero-order valence-corrected chi connectivity index (χ0v) is 14.1. The first-order valence-electron chi connectivity index (χ1n) is 6.86. The van der Waals surface area contributed by atoms with Crippen molar-refractivity contribution in [2.45, 2.75) is 32.9 Å². The van der Waals surface area contributed by atoms with E-state index >= 15 is 0 Å². The Hall–Kier alpha value is -0.830. The van der Waals surface area contributed by atoms with Gasteiger partial charge in [-0.05, 0) is 58.1 Å². The third kappa shape index (κ3) is 4.08. The second-order valence-corrected chi connectivity index (χ2v) is 6.21. The normalized spacial score (nSPS) is 12.4. The lowest BCUT2D eigenvalue weighted by Crippen LogP contribution is -2.18. The summed E-state index contributed by atoms with van der Waals surface area (Å²) in [7, 11) is 0. The van der Waals surface area contributed by atoms with Gasteiger partial charge in [0.05, 0.1) is 5.02 Å². The van der Waals surface area contributed by atoms with E-state index in [1.165, 1.54) is 16.7 Å². The highest BCUT2D eigenvalue weighted by Gasteiger charge is 2.05. The van der Waals surface area contributed by atoms with Gasteiger partial charge in [-0.3, -0.25) is 0 Å². The monoisotopic (exact) mass is 351 g/mol. The first kappa shape index (κ1) is 15.6. The van der Waals surface area contributed by atoms with E-state index in [0.29, 0.717) is 6.04 Å². The molecule has 2 aromatic rings. The number of nitrogens with one attached hydrogen (secondary N) is 1. The first-order chi connectivity index (χ1) is 9.60. The zero-order chi connectivity index (χ0) is 14.5. The van der Waals surface area contributed by atoms with Crippen LogP contribution in [-0.2, 0) is 13.0 Å². The van der Waals surface area contributed by atoms with Crippen LogP contribution in [0.3, 0.4) is 0 Å². The zero-order valence-electron chi connectivity index (χ0n) is 11.8. The molecule has 2 rings (SSSR count). The molecule has 1 nitrogen and oxygen atoms in total. The molecule has 20 heavy (non-hydrogen) atoms. The average Bonchev–Trinajstić information content (AvgIpc) is 2.48. The van der Waals surface area contributed by atoms with Crippen LogP contribution in [0.4, 0.5) is 0 Å². The Morgan fingerprint density at radius 1 is 1.10 bits per heavy atom. The number of rotatable bonds is 5. The minimum Gasteiger partial charge on any atom is -0.306 e. The Labute approximate surface area is 134 Å². The van der Waals surface area contributed by atoms with E-state index in [-0.39, 0.29) is 0 Å². The molecule has 0 aromatic heterocycles. The molecule has 2 aromatic carbocycles. The van der Waals surface area contributed by atoms with Crippen LogP contribution >= 0.6 is 27.5 Å². The molecule has 0 spiro atoms. The van der Waals surface area contributed by atoms with E-state index in [1.54, 1.807) is 0 Å². The van der Waals surface area contributed by atoms with Crippen molar-refractivity contribution in [3.05, 3.63) is 68.7 Å². The van der Waals surface area contributed by atoms with Crippen molar-refractivity contribution in [2.24, 2.45) is 0 Å². The highest BCUT2D eigenvalue weighted by molar-refractivity contribution is 9.10. The molecule has 0 saturated heterocycles. The predicted molar refractivity (Wildman–Crippen MR) is 90.2 cm³/mol. The third-order valence-electron chi connectivity index (χ3n) is 3.48. The van der Waals surface area contributed by atoms with Crippen LogP contribution in [0.15, 0.2) is 46.9 Å². The molecule has 0 heterocycles. The topological polar surface area (TPSA) is 12.0 Å². The second-order valence-electron chi connectivity index (χ2n) is 4.95. The van der Waals surface area contributed by atoms with E-state index in [0.717, 1.165) is 22.5 Å². The van der Waals surface area contributed by atoms with Gasteiger partial charge in [0.2, 0.25) is 0 Å². The van der Waals surface area contributed by atoms with Crippen molar-refractivity contribution in [3.63, 3.8) is 0 Å². The van der Waals surface area contributed by atoms with Gasteiger partial charge in [-0.25, -0.2) is 0 Å². The molecule has 1 unspecified atom stereocenters. The molecular formula is C17H19BrClN. The number of halogens is 2. The smallest absolute Gasteiger partial charge is 0.0548 e. The Morgan fingerprint density at radius 2 is 1.75 bits per heavy atom. The Kier molecular flexibility index (Phi) is 5.64. The lowest BCUT2D eigenvalue weighted by molar-refractivity contribution is 0.574. The van der Waals surface area contributed by atoms with Crippen molar-refractivity contribution in [3.8, 4) is 0 Å².